The van der Waals surface area contributed by atoms with Crippen LogP contribution in [0.4, 0.5) is 11.4 Å². The lowest BCUT2D eigenvalue weighted by Crippen LogP contribution is -2.36. The molecule has 148 valence electrons. The molecular formula is C23H28N2O2S. The van der Waals surface area contributed by atoms with E-state index >= 15 is 0 Å². The Morgan fingerprint density at radius 3 is 2.68 bits per heavy atom. The molecule has 0 radical (unpaired) electrons. The molecule has 0 saturated heterocycles. The van der Waals surface area contributed by atoms with Gasteiger partial charge in [0.25, 0.3) is 0 Å². The molecule has 0 aromatic heterocycles. The SMILES string of the molecule is CC(C)CCN1C(=O)CCc2cc(NC(=O)CSCc3ccccc3)ccc21. The van der Waals surface area contributed by atoms with Gasteiger partial charge < -0.3 is 10.2 Å². The van der Waals surface area contributed by atoms with Gasteiger partial charge in [-0.1, -0.05) is 44.2 Å². The van der Waals surface area contributed by atoms with Crippen LogP contribution in [0, 0.1) is 5.92 Å². The topological polar surface area (TPSA) is 49.4 Å². The molecule has 1 heterocycles. The highest BCUT2D eigenvalue weighted by molar-refractivity contribution is 7.99. The van der Waals surface area contributed by atoms with E-state index in [1.807, 2.05) is 41.3 Å². The Morgan fingerprint density at radius 1 is 1.14 bits per heavy atom. The third kappa shape index (κ3) is 5.61. The van der Waals surface area contributed by atoms with E-state index < -0.39 is 0 Å². The molecule has 28 heavy (non-hydrogen) atoms. The van der Waals surface area contributed by atoms with Gasteiger partial charge in [0, 0.05) is 30.1 Å². The van der Waals surface area contributed by atoms with Crippen LogP contribution >= 0.6 is 11.8 Å². The van der Waals surface area contributed by atoms with E-state index in [0.29, 0.717) is 18.1 Å². The molecule has 0 fully saturated rings. The Balaban J connectivity index is 1.57. The Labute approximate surface area is 171 Å². The summed E-state index contributed by atoms with van der Waals surface area (Å²) in [5, 5.41) is 2.99. The average molecular weight is 397 g/mol. The van der Waals surface area contributed by atoms with Gasteiger partial charge in [-0.25, -0.2) is 0 Å². The highest BCUT2D eigenvalue weighted by atomic mass is 32.2. The number of hydrogen-bond acceptors (Lipinski definition) is 3. The lowest BCUT2D eigenvalue weighted by atomic mass is 9.99. The standard InChI is InChI=1S/C23H28N2O2S/c1-17(2)12-13-25-21-10-9-20(14-19(21)8-11-23(25)27)24-22(26)16-28-15-18-6-4-3-5-7-18/h3-7,9-10,14,17H,8,11-13,15-16H2,1-2H3,(H,24,26). The quantitative estimate of drug-likeness (QED) is 0.691. The number of nitrogens with one attached hydrogen (secondary N) is 1. The molecule has 0 aliphatic carbocycles. The molecule has 3 rings (SSSR count). The summed E-state index contributed by atoms with van der Waals surface area (Å²) in [5.41, 5.74) is 4.16. The van der Waals surface area contributed by atoms with Crippen molar-refractivity contribution in [1.29, 1.82) is 0 Å². The number of benzene rings is 2. The number of fused-ring (bicyclic) bond motifs is 1. The highest BCUT2D eigenvalue weighted by Gasteiger charge is 2.24. The van der Waals surface area contributed by atoms with E-state index in [9.17, 15) is 9.59 Å². The second kappa shape index (κ2) is 9.78. The normalized spacial score (nSPS) is 13.5. The molecule has 2 aromatic rings. The van der Waals surface area contributed by atoms with Gasteiger partial charge >= 0.3 is 0 Å². The first-order valence-electron chi connectivity index (χ1n) is 9.87. The Kier molecular flexibility index (Phi) is 7.15. The molecular weight excluding hydrogens is 368 g/mol. The Morgan fingerprint density at radius 2 is 1.93 bits per heavy atom. The van der Waals surface area contributed by atoms with Crippen molar-refractivity contribution in [3.05, 3.63) is 59.7 Å². The van der Waals surface area contributed by atoms with Crippen LogP contribution in [0.15, 0.2) is 48.5 Å². The smallest absolute Gasteiger partial charge is 0.234 e. The number of thioether (sulfide) groups is 1. The van der Waals surface area contributed by atoms with E-state index in [-0.39, 0.29) is 11.8 Å². The minimum Gasteiger partial charge on any atom is -0.325 e. The fourth-order valence-electron chi connectivity index (χ4n) is 3.30. The summed E-state index contributed by atoms with van der Waals surface area (Å²) in [6.07, 6.45) is 2.26. The van der Waals surface area contributed by atoms with Crippen LogP contribution in [-0.4, -0.2) is 24.1 Å². The predicted molar refractivity (Wildman–Crippen MR) is 118 cm³/mol. The molecule has 1 aliphatic rings. The van der Waals surface area contributed by atoms with Gasteiger partial charge in [-0.2, -0.15) is 0 Å². The average Bonchev–Trinajstić information content (AvgIpc) is 2.68. The van der Waals surface area contributed by atoms with E-state index in [1.165, 1.54) is 5.56 Å². The number of carbonyl (C=O) groups excluding carboxylic acids is 2. The number of rotatable bonds is 8. The molecule has 4 nitrogen and oxygen atoms in total. The van der Waals surface area contributed by atoms with Gasteiger partial charge in [-0.15, -0.1) is 11.8 Å². The first-order valence-corrected chi connectivity index (χ1v) is 11.0. The summed E-state index contributed by atoms with van der Waals surface area (Å²) in [7, 11) is 0. The summed E-state index contributed by atoms with van der Waals surface area (Å²) in [6, 6.07) is 16.1. The van der Waals surface area contributed by atoms with Gasteiger partial charge in [0.1, 0.15) is 0 Å². The fourth-order valence-corrected chi connectivity index (χ4v) is 4.09. The molecule has 5 heteroatoms. The van der Waals surface area contributed by atoms with Gasteiger partial charge in [-0.3, -0.25) is 9.59 Å². The zero-order valence-electron chi connectivity index (χ0n) is 16.6. The minimum atomic E-state index is 0.00410. The molecule has 2 aromatic carbocycles. The van der Waals surface area contributed by atoms with Crippen LogP contribution in [0.1, 0.15) is 37.8 Å². The van der Waals surface area contributed by atoms with Gasteiger partial charge in [0.15, 0.2) is 0 Å². The molecule has 1 aliphatic heterocycles. The summed E-state index contributed by atoms with van der Waals surface area (Å²) in [6.45, 7) is 5.10. The predicted octanol–water partition coefficient (Wildman–Crippen LogP) is 4.88. The maximum atomic E-state index is 12.3. The molecule has 0 atom stereocenters. The summed E-state index contributed by atoms with van der Waals surface area (Å²) >= 11 is 1.61. The van der Waals surface area contributed by atoms with E-state index in [1.54, 1.807) is 11.8 Å². The van der Waals surface area contributed by atoms with Crippen LogP contribution in [0.2, 0.25) is 0 Å². The first-order chi connectivity index (χ1) is 13.5. The molecule has 0 spiro atoms. The third-order valence-electron chi connectivity index (χ3n) is 4.84. The van der Waals surface area contributed by atoms with Crippen molar-refractivity contribution in [1.82, 2.24) is 0 Å². The number of anilines is 2. The second-order valence-electron chi connectivity index (χ2n) is 7.60. The van der Waals surface area contributed by atoms with E-state index in [4.69, 9.17) is 0 Å². The Hall–Kier alpha value is -2.27. The van der Waals surface area contributed by atoms with Crippen LogP contribution < -0.4 is 10.2 Å². The number of amides is 2. The van der Waals surface area contributed by atoms with E-state index in [0.717, 1.165) is 42.1 Å². The van der Waals surface area contributed by atoms with Crippen molar-refractivity contribution in [2.24, 2.45) is 5.92 Å². The van der Waals surface area contributed by atoms with Crippen molar-refractivity contribution in [2.75, 3.05) is 22.5 Å². The Bertz CT molecular complexity index is 821. The van der Waals surface area contributed by atoms with Crippen molar-refractivity contribution >= 4 is 35.0 Å². The monoisotopic (exact) mass is 396 g/mol. The van der Waals surface area contributed by atoms with E-state index in [2.05, 4.69) is 31.3 Å². The molecule has 2 amide bonds. The zero-order chi connectivity index (χ0) is 19.9. The minimum absolute atomic E-state index is 0.00410. The summed E-state index contributed by atoms with van der Waals surface area (Å²) < 4.78 is 0. The first kappa shape index (κ1) is 20.5. The number of carbonyl (C=O) groups is 2. The van der Waals surface area contributed by atoms with Crippen molar-refractivity contribution < 1.29 is 9.59 Å². The summed E-state index contributed by atoms with van der Waals surface area (Å²) in [4.78, 5) is 26.5. The lowest BCUT2D eigenvalue weighted by Gasteiger charge is -2.30. The lowest BCUT2D eigenvalue weighted by molar-refractivity contribution is -0.119. The molecule has 0 unspecified atom stereocenters. The maximum absolute atomic E-state index is 12.3. The van der Waals surface area contributed by atoms with Crippen LogP contribution in [0.25, 0.3) is 0 Å². The number of aryl methyl sites for hydroxylation is 1. The highest BCUT2D eigenvalue weighted by Crippen LogP contribution is 2.31. The number of nitrogens with zero attached hydrogens (tertiary/aromatic N) is 1. The molecule has 0 saturated carbocycles. The largest absolute Gasteiger partial charge is 0.325 e. The van der Waals surface area contributed by atoms with Crippen LogP contribution in [0.5, 0.6) is 0 Å². The number of hydrogen-bond donors (Lipinski definition) is 1. The summed E-state index contributed by atoms with van der Waals surface area (Å²) in [5.74, 6) is 2.01. The maximum Gasteiger partial charge on any atom is 0.234 e. The van der Waals surface area contributed by atoms with Crippen LogP contribution in [0.3, 0.4) is 0 Å². The van der Waals surface area contributed by atoms with Gasteiger partial charge in [-0.05, 0) is 48.1 Å². The second-order valence-corrected chi connectivity index (χ2v) is 8.58. The third-order valence-corrected chi connectivity index (χ3v) is 5.84. The van der Waals surface area contributed by atoms with Crippen LogP contribution in [-0.2, 0) is 21.8 Å². The fraction of sp³-hybridized carbons (Fsp3) is 0.391. The van der Waals surface area contributed by atoms with Crippen molar-refractivity contribution in [2.45, 2.75) is 38.9 Å². The molecule has 1 N–H and O–H groups in total. The van der Waals surface area contributed by atoms with Gasteiger partial charge in [0.05, 0.1) is 5.75 Å². The molecule has 0 bridgehead atoms. The van der Waals surface area contributed by atoms with Crippen molar-refractivity contribution in [3.63, 3.8) is 0 Å². The van der Waals surface area contributed by atoms with Gasteiger partial charge in [0.2, 0.25) is 11.8 Å². The zero-order valence-corrected chi connectivity index (χ0v) is 17.4. The van der Waals surface area contributed by atoms with Crippen molar-refractivity contribution in [3.8, 4) is 0 Å².